The average molecular weight is 640 g/mol. The molecule has 0 bridgehead atoms. The summed E-state index contributed by atoms with van der Waals surface area (Å²) < 4.78 is 83.1. The molecule has 2 aromatic heterocycles. The third-order valence-corrected chi connectivity index (χ3v) is 8.00. The lowest BCUT2D eigenvalue weighted by Gasteiger charge is -2.27. The Morgan fingerprint density at radius 1 is 0.891 bits per heavy atom. The Morgan fingerprint density at radius 3 is 2.15 bits per heavy atom. The molecule has 0 atom stereocenters. The number of esters is 1. The second-order valence-electron chi connectivity index (χ2n) is 11.4. The molecule has 1 aliphatic heterocycles. The number of aromatic nitrogens is 2. The highest BCUT2D eigenvalue weighted by atomic mass is 19.4. The number of alkyl halides is 5. The van der Waals surface area contributed by atoms with Gasteiger partial charge in [0, 0.05) is 42.8 Å². The van der Waals surface area contributed by atoms with Crippen LogP contribution in [0.4, 0.5) is 27.8 Å². The first kappa shape index (κ1) is 32.8. The zero-order chi connectivity index (χ0) is 33.1. The Hall–Kier alpha value is -4.54. The molecule has 3 heterocycles. The van der Waals surface area contributed by atoms with Crippen LogP contribution in [0.5, 0.6) is 5.75 Å². The number of ether oxygens (including phenoxy) is 2. The van der Waals surface area contributed by atoms with Gasteiger partial charge in [-0.2, -0.15) is 13.2 Å². The summed E-state index contributed by atoms with van der Waals surface area (Å²) in [6, 6.07) is 19.5. The highest BCUT2D eigenvalue weighted by molar-refractivity contribution is 6.01. The summed E-state index contributed by atoms with van der Waals surface area (Å²) in [6.45, 7) is 4.51. The van der Waals surface area contributed by atoms with Gasteiger partial charge >= 0.3 is 12.1 Å². The topological polar surface area (TPSA) is 64.6 Å². The van der Waals surface area contributed by atoms with Crippen molar-refractivity contribution in [1.82, 2.24) is 9.97 Å². The number of benzene rings is 2. The van der Waals surface area contributed by atoms with Crippen LogP contribution in [-0.2, 0) is 24.1 Å². The van der Waals surface area contributed by atoms with E-state index < -0.39 is 36.6 Å². The second kappa shape index (κ2) is 13.4. The van der Waals surface area contributed by atoms with Crippen LogP contribution in [0.2, 0.25) is 0 Å². The van der Waals surface area contributed by atoms with Crippen molar-refractivity contribution in [3.05, 3.63) is 106 Å². The van der Waals surface area contributed by atoms with Gasteiger partial charge in [0.2, 0.25) is 5.92 Å². The Balaban J connectivity index is 1.70. The molecule has 0 spiro atoms. The Labute approximate surface area is 264 Å². The van der Waals surface area contributed by atoms with E-state index in [1.807, 2.05) is 36.4 Å². The van der Waals surface area contributed by atoms with E-state index in [-0.39, 0.29) is 66.7 Å². The summed E-state index contributed by atoms with van der Waals surface area (Å²) >= 11 is 0. The summed E-state index contributed by atoms with van der Waals surface area (Å²) in [7, 11) is 0. The highest BCUT2D eigenvalue weighted by Gasteiger charge is 2.39. The van der Waals surface area contributed by atoms with Gasteiger partial charge in [0.1, 0.15) is 36.0 Å². The smallest absolute Gasteiger partial charge is 0.433 e. The number of hydrogen-bond acceptors (Lipinski definition) is 6. The lowest BCUT2D eigenvalue weighted by Crippen LogP contribution is -2.28. The van der Waals surface area contributed by atoms with Crippen molar-refractivity contribution >= 4 is 11.8 Å². The van der Waals surface area contributed by atoms with Gasteiger partial charge in [0.25, 0.3) is 0 Å². The number of pyridine rings is 2. The predicted molar refractivity (Wildman–Crippen MR) is 164 cm³/mol. The second-order valence-corrected chi connectivity index (χ2v) is 11.4. The van der Waals surface area contributed by atoms with E-state index in [2.05, 4.69) is 4.98 Å². The molecule has 0 aliphatic carbocycles. The standard InChI is InChI=1S/C35H34F5N3O3/c1-22-19-27(32(42-31(22)35(38,39)40)43-17-10-15-34(36,37)16-18-43)29-28(33(44)46-21-26-13-8-5-9-14-26)30(23(2)24(3)41-29)45-20-25-11-6-4-7-12-25/h4-9,11-14,19H,10,15-18,20-21H2,1-3H3. The molecule has 0 amide bonds. The number of anilines is 1. The van der Waals surface area contributed by atoms with Crippen LogP contribution in [0.3, 0.4) is 0 Å². The SMILES string of the molecule is Cc1cc(-c2nc(C)c(C)c(OCc3ccccc3)c2C(=O)OCc2ccccc2)c(N2CCCC(F)(F)CC2)nc1C(F)(F)F. The Kier molecular flexibility index (Phi) is 9.60. The summed E-state index contributed by atoms with van der Waals surface area (Å²) in [4.78, 5) is 24.1. The first-order chi connectivity index (χ1) is 21.8. The molecule has 1 saturated heterocycles. The van der Waals surface area contributed by atoms with Gasteiger partial charge in [0.15, 0.2) is 0 Å². The van der Waals surface area contributed by atoms with Crippen molar-refractivity contribution in [2.24, 2.45) is 0 Å². The maximum Gasteiger partial charge on any atom is 0.433 e. The van der Waals surface area contributed by atoms with E-state index in [0.29, 0.717) is 11.3 Å². The summed E-state index contributed by atoms with van der Waals surface area (Å²) in [5, 5.41) is 0. The molecule has 6 nitrogen and oxygen atoms in total. The largest absolute Gasteiger partial charge is 0.488 e. The van der Waals surface area contributed by atoms with Gasteiger partial charge in [-0.1, -0.05) is 60.7 Å². The number of aryl methyl sites for hydroxylation is 2. The van der Waals surface area contributed by atoms with Crippen LogP contribution in [0.15, 0.2) is 66.7 Å². The van der Waals surface area contributed by atoms with Crippen molar-refractivity contribution in [3.8, 4) is 17.0 Å². The van der Waals surface area contributed by atoms with Gasteiger partial charge < -0.3 is 14.4 Å². The third-order valence-electron chi connectivity index (χ3n) is 8.00. The van der Waals surface area contributed by atoms with Crippen LogP contribution >= 0.6 is 0 Å². The minimum absolute atomic E-state index is 0.000412. The fraction of sp³-hybridized carbons (Fsp3) is 0.343. The maximum absolute atomic E-state index is 14.4. The summed E-state index contributed by atoms with van der Waals surface area (Å²) in [6.07, 6.45) is -5.71. The van der Waals surface area contributed by atoms with Crippen molar-refractivity contribution in [2.75, 3.05) is 18.0 Å². The van der Waals surface area contributed by atoms with Crippen LogP contribution in [0, 0.1) is 20.8 Å². The van der Waals surface area contributed by atoms with E-state index in [1.165, 1.54) is 17.9 Å². The molecule has 242 valence electrons. The molecule has 0 saturated carbocycles. The monoisotopic (exact) mass is 639 g/mol. The molecular formula is C35H34F5N3O3. The zero-order valence-electron chi connectivity index (χ0n) is 25.8. The summed E-state index contributed by atoms with van der Waals surface area (Å²) in [5.74, 6) is -3.79. The lowest BCUT2D eigenvalue weighted by molar-refractivity contribution is -0.141. The minimum atomic E-state index is -4.80. The van der Waals surface area contributed by atoms with Gasteiger partial charge in [-0.05, 0) is 49.9 Å². The molecule has 0 unspecified atom stereocenters. The number of carbonyl (C=O) groups is 1. The molecule has 4 aromatic rings. The van der Waals surface area contributed by atoms with E-state index in [9.17, 15) is 26.7 Å². The van der Waals surface area contributed by atoms with Crippen molar-refractivity contribution in [3.63, 3.8) is 0 Å². The average Bonchev–Trinajstić information content (AvgIpc) is 3.20. The minimum Gasteiger partial charge on any atom is -0.488 e. The van der Waals surface area contributed by atoms with Gasteiger partial charge in [-0.15, -0.1) is 0 Å². The molecule has 0 N–H and O–H groups in total. The number of carbonyl (C=O) groups excluding carboxylic acids is 1. The Morgan fingerprint density at radius 2 is 1.52 bits per heavy atom. The molecule has 0 radical (unpaired) electrons. The number of halogens is 5. The van der Waals surface area contributed by atoms with Crippen LogP contribution in [-0.4, -0.2) is 34.9 Å². The lowest BCUT2D eigenvalue weighted by atomic mass is 9.99. The fourth-order valence-corrected chi connectivity index (χ4v) is 5.44. The molecule has 46 heavy (non-hydrogen) atoms. The van der Waals surface area contributed by atoms with Crippen LogP contribution in [0.25, 0.3) is 11.3 Å². The molecule has 5 rings (SSSR count). The number of hydrogen-bond donors (Lipinski definition) is 0. The highest BCUT2D eigenvalue weighted by Crippen LogP contribution is 2.42. The Bertz CT molecular complexity index is 1700. The van der Waals surface area contributed by atoms with E-state index in [1.54, 1.807) is 38.1 Å². The van der Waals surface area contributed by atoms with E-state index in [4.69, 9.17) is 14.5 Å². The van der Waals surface area contributed by atoms with Crippen LogP contribution < -0.4 is 9.64 Å². The molecular weight excluding hydrogens is 605 g/mol. The maximum atomic E-state index is 14.4. The van der Waals surface area contributed by atoms with E-state index >= 15 is 0 Å². The molecule has 11 heteroatoms. The van der Waals surface area contributed by atoms with Gasteiger partial charge in [-0.3, -0.25) is 4.98 Å². The molecule has 1 aliphatic rings. The normalized spacial score (nSPS) is 14.9. The first-order valence-electron chi connectivity index (χ1n) is 14.9. The quantitative estimate of drug-likeness (QED) is 0.142. The van der Waals surface area contributed by atoms with Gasteiger partial charge in [-0.25, -0.2) is 18.6 Å². The number of rotatable bonds is 8. The molecule has 2 aromatic carbocycles. The van der Waals surface area contributed by atoms with Gasteiger partial charge in [0.05, 0.1) is 5.69 Å². The molecule has 1 fully saturated rings. The van der Waals surface area contributed by atoms with Crippen molar-refractivity contribution < 1.29 is 36.2 Å². The first-order valence-corrected chi connectivity index (χ1v) is 14.9. The number of nitrogens with zero attached hydrogens (tertiary/aromatic N) is 3. The fourth-order valence-electron chi connectivity index (χ4n) is 5.44. The predicted octanol–water partition coefficient (Wildman–Crippen LogP) is 8.65. The summed E-state index contributed by atoms with van der Waals surface area (Å²) in [5.41, 5.74) is 1.20. The van der Waals surface area contributed by atoms with Crippen molar-refractivity contribution in [1.29, 1.82) is 0 Å². The van der Waals surface area contributed by atoms with Crippen LogP contribution in [0.1, 0.15) is 63.3 Å². The third kappa shape index (κ3) is 7.46. The van der Waals surface area contributed by atoms with Crippen molar-refractivity contribution in [2.45, 2.75) is 65.3 Å². The zero-order valence-corrected chi connectivity index (χ0v) is 25.8. The van der Waals surface area contributed by atoms with E-state index in [0.717, 1.165) is 11.1 Å².